The fourth-order valence-corrected chi connectivity index (χ4v) is 4.39. The second-order valence-electron chi connectivity index (χ2n) is 8.77. The first kappa shape index (κ1) is 24.7. The summed E-state index contributed by atoms with van der Waals surface area (Å²) in [7, 11) is 1.95. The Morgan fingerprint density at radius 3 is 2.31 bits per heavy atom. The van der Waals surface area contributed by atoms with E-state index in [4.69, 9.17) is 0 Å². The van der Waals surface area contributed by atoms with Crippen molar-refractivity contribution < 1.29 is 14.5 Å². The number of carbonyl (C=O) groups is 2. The summed E-state index contributed by atoms with van der Waals surface area (Å²) in [6, 6.07) is 22.0. The normalized spacial score (nSPS) is 13.3. The number of carbonyl (C=O) groups excluding carboxylic acids is 2. The highest BCUT2D eigenvalue weighted by atomic mass is 16.6. The number of hydrogen-bond acceptors (Lipinski definition) is 6. The van der Waals surface area contributed by atoms with Crippen LogP contribution >= 0.6 is 0 Å². The number of nitrogens with one attached hydrogen (secondary N) is 1. The molecule has 0 unspecified atom stereocenters. The van der Waals surface area contributed by atoms with E-state index in [1.807, 2.05) is 71.4 Å². The Kier molecular flexibility index (Phi) is 7.48. The van der Waals surface area contributed by atoms with Crippen molar-refractivity contribution in [3.63, 3.8) is 0 Å². The molecule has 0 saturated carbocycles. The van der Waals surface area contributed by atoms with Crippen LogP contribution in [0.4, 0.5) is 22.7 Å². The molecule has 1 saturated heterocycles. The zero-order chi connectivity index (χ0) is 25.7. The number of nitrogens with zero attached hydrogens (tertiary/aromatic N) is 4. The minimum absolute atomic E-state index is 0.00846. The monoisotopic (exact) mass is 487 g/mol. The largest absolute Gasteiger partial charge is 0.369 e. The van der Waals surface area contributed by atoms with E-state index in [9.17, 15) is 19.7 Å². The van der Waals surface area contributed by atoms with Crippen molar-refractivity contribution in [3.05, 3.63) is 94.0 Å². The molecule has 1 aliphatic rings. The third-order valence-corrected chi connectivity index (χ3v) is 6.33. The van der Waals surface area contributed by atoms with Crippen LogP contribution in [-0.4, -0.2) is 54.9 Å². The van der Waals surface area contributed by atoms with Crippen LogP contribution in [0.2, 0.25) is 0 Å². The molecule has 186 valence electrons. The van der Waals surface area contributed by atoms with Crippen molar-refractivity contribution in [1.82, 2.24) is 4.90 Å². The Balaban J connectivity index is 1.52. The van der Waals surface area contributed by atoms with Crippen molar-refractivity contribution in [1.29, 1.82) is 0 Å². The highest BCUT2D eigenvalue weighted by molar-refractivity contribution is 6.06. The van der Waals surface area contributed by atoms with Crippen LogP contribution < -0.4 is 15.1 Å². The van der Waals surface area contributed by atoms with Gasteiger partial charge in [0.25, 0.3) is 11.6 Å². The van der Waals surface area contributed by atoms with Crippen LogP contribution in [0.1, 0.15) is 22.8 Å². The van der Waals surface area contributed by atoms with Gasteiger partial charge in [0.05, 0.1) is 16.3 Å². The summed E-state index contributed by atoms with van der Waals surface area (Å²) in [5.74, 6) is -0.433. The Morgan fingerprint density at radius 2 is 1.64 bits per heavy atom. The lowest BCUT2D eigenvalue weighted by atomic mass is 10.1. The zero-order valence-corrected chi connectivity index (χ0v) is 20.4. The third-order valence-electron chi connectivity index (χ3n) is 6.33. The average molecular weight is 488 g/mol. The molecule has 0 radical (unpaired) electrons. The first-order chi connectivity index (χ1) is 17.3. The van der Waals surface area contributed by atoms with Crippen LogP contribution in [0.5, 0.6) is 0 Å². The number of amides is 2. The molecule has 0 aromatic heterocycles. The van der Waals surface area contributed by atoms with Gasteiger partial charge in [-0.05, 0) is 29.8 Å². The Hall–Kier alpha value is -4.40. The van der Waals surface area contributed by atoms with Gasteiger partial charge < -0.3 is 20.0 Å². The number of anilines is 3. The summed E-state index contributed by atoms with van der Waals surface area (Å²) in [6.45, 7) is 4.16. The summed E-state index contributed by atoms with van der Waals surface area (Å²) >= 11 is 0. The van der Waals surface area contributed by atoms with Gasteiger partial charge in [0.15, 0.2) is 0 Å². The molecule has 1 N–H and O–H groups in total. The number of hydrogen-bond donors (Lipinski definition) is 1. The second kappa shape index (κ2) is 10.9. The first-order valence-corrected chi connectivity index (χ1v) is 11.8. The summed E-state index contributed by atoms with van der Waals surface area (Å²) in [6.07, 6.45) is 0. The Morgan fingerprint density at radius 1 is 0.972 bits per heavy atom. The van der Waals surface area contributed by atoms with Gasteiger partial charge in [-0.3, -0.25) is 19.7 Å². The molecule has 1 heterocycles. The van der Waals surface area contributed by atoms with E-state index in [1.54, 1.807) is 17.0 Å². The van der Waals surface area contributed by atoms with Crippen molar-refractivity contribution >= 4 is 34.6 Å². The standard InChI is InChI=1S/C27H29N5O4/c1-20(33)30-14-16-31(17-15-30)25-13-12-22(18-26(25)32(35)36)27(34)28-23-10-6-7-11-24(23)29(2)19-21-8-4-3-5-9-21/h3-13,18H,14-17,19H2,1-2H3,(H,28,34). The maximum Gasteiger partial charge on any atom is 0.293 e. The molecular weight excluding hydrogens is 458 g/mol. The summed E-state index contributed by atoms with van der Waals surface area (Å²) < 4.78 is 0. The molecule has 9 nitrogen and oxygen atoms in total. The molecule has 0 atom stereocenters. The smallest absolute Gasteiger partial charge is 0.293 e. The lowest BCUT2D eigenvalue weighted by molar-refractivity contribution is -0.384. The van der Waals surface area contributed by atoms with Gasteiger partial charge in [-0.1, -0.05) is 42.5 Å². The molecule has 1 fully saturated rings. The van der Waals surface area contributed by atoms with E-state index in [0.717, 1.165) is 11.3 Å². The van der Waals surface area contributed by atoms with Crippen LogP contribution in [0.15, 0.2) is 72.8 Å². The summed E-state index contributed by atoms with van der Waals surface area (Å²) in [5, 5.41) is 14.8. The second-order valence-corrected chi connectivity index (χ2v) is 8.77. The topological polar surface area (TPSA) is 99.0 Å². The van der Waals surface area contributed by atoms with Gasteiger partial charge >= 0.3 is 0 Å². The van der Waals surface area contributed by atoms with Gasteiger partial charge in [-0.2, -0.15) is 0 Å². The van der Waals surface area contributed by atoms with E-state index in [2.05, 4.69) is 5.32 Å². The fraction of sp³-hybridized carbons (Fsp3) is 0.259. The van der Waals surface area contributed by atoms with E-state index in [1.165, 1.54) is 13.0 Å². The van der Waals surface area contributed by atoms with E-state index in [-0.39, 0.29) is 17.2 Å². The minimum atomic E-state index is -0.467. The lowest BCUT2D eigenvalue weighted by Crippen LogP contribution is -2.48. The number of piperazine rings is 1. The van der Waals surface area contributed by atoms with Crippen molar-refractivity contribution in [3.8, 4) is 0 Å². The Bertz CT molecular complexity index is 1260. The number of nitro groups is 1. The van der Waals surface area contributed by atoms with Crippen LogP contribution in [0, 0.1) is 10.1 Å². The average Bonchev–Trinajstić information content (AvgIpc) is 2.89. The predicted molar refractivity (Wildman–Crippen MR) is 141 cm³/mol. The SMILES string of the molecule is CC(=O)N1CCN(c2ccc(C(=O)Nc3ccccc3N(C)Cc3ccccc3)cc2[N+](=O)[O-])CC1. The molecule has 0 spiro atoms. The predicted octanol–water partition coefficient (Wildman–Crippen LogP) is 4.15. The van der Waals surface area contributed by atoms with E-state index < -0.39 is 10.8 Å². The summed E-state index contributed by atoms with van der Waals surface area (Å²) in [5.41, 5.74) is 3.11. The molecule has 36 heavy (non-hydrogen) atoms. The number of para-hydroxylation sites is 2. The van der Waals surface area contributed by atoms with Crippen molar-refractivity contribution in [2.24, 2.45) is 0 Å². The molecule has 4 rings (SSSR count). The third kappa shape index (κ3) is 5.63. The van der Waals surface area contributed by atoms with Gasteiger partial charge in [-0.15, -0.1) is 0 Å². The molecule has 1 aliphatic heterocycles. The maximum atomic E-state index is 13.1. The molecule has 2 amide bonds. The first-order valence-electron chi connectivity index (χ1n) is 11.8. The quantitative estimate of drug-likeness (QED) is 0.397. The summed E-state index contributed by atoms with van der Waals surface area (Å²) in [4.78, 5) is 41.7. The van der Waals surface area contributed by atoms with Gasteiger partial charge in [0.1, 0.15) is 5.69 Å². The highest BCUT2D eigenvalue weighted by Crippen LogP contribution is 2.31. The fourth-order valence-electron chi connectivity index (χ4n) is 4.39. The molecule has 9 heteroatoms. The highest BCUT2D eigenvalue weighted by Gasteiger charge is 2.26. The van der Waals surface area contributed by atoms with Crippen LogP contribution in [0.25, 0.3) is 0 Å². The number of rotatable bonds is 7. The Labute approximate surface area is 210 Å². The molecule has 0 bridgehead atoms. The molecule has 3 aromatic carbocycles. The van der Waals surface area contributed by atoms with Crippen LogP contribution in [0.3, 0.4) is 0 Å². The van der Waals surface area contributed by atoms with Gasteiger partial charge in [0, 0.05) is 58.3 Å². The van der Waals surface area contributed by atoms with Crippen molar-refractivity contribution in [2.75, 3.05) is 48.3 Å². The van der Waals surface area contributed by atoms with Crippen molar-refractivity contribution in [2.45, 2.75) is 13.5 Å². The molecule has 3 aromatic rings. The lowest BCUT2D eigenvalue weighted by Gasteiger charge is -2.35. The number of nitro benzene ring substituents is 1. The molecular formula is C27H29N5O4. The van der Waals surface area contributed by atoms with E-state index in [0.29, 0.717) is 44.1 Å². The number of benzene rings is 3. The molecule has 0 aliphatic carbocycles. The van der Waals surface area contributed by atoms with E-state index >= 15 is 0 Å². The minimum Gasteiger partial charge on any atom is -0.369 e. The van der Waals surface area contributed by atoms with Gasteiger partial charge in [0.2, 0.25) is 5.91 Å². The maximum absolute atomic E-state index is 13.1. The zero-order valence-electron chi connectivity index (χ0n) is 20.4. The van der Waals surface area contributed by atoms with Gasteiger partial charge in [-0.25, -0.2) is 0 Å². The van der Waals surface area contributed by atoms with Crippen LogP contribution in [-0.2, 0) is 11.3 Å².